The van der Waals surface area contributed by atoms with Gasteiger partial charge in [0.1, 0.15) is 0 Å². The molecule has 0 aliphatic heterocycles. The van der Waals surface area contributed by atoms with Crippen molar-refractivity contribution in [1.29, 1.82) is 0 Å². The van der Waals surface area contributed by atoms with Gasteiger partial charge < -0.3 is 15.4 Å². The maximum Gasteiger partial charge on any atom is 0.407 e. The normalized spacial score (nSPS) is 10.6. The molecule has 0 aliphatic carbocycles. The van der Waals surface area contributed by atoms with Crippen LogP contribution in [-0.4, -0.2) is 27.4 Å². The second-order valence-corrected chi connectivity index (χ2v) is 6.37. The van der Waals surface area contributed by atoms with Crippen molar-refractivity contribution >= 4 is 11.8 Å². The average Bonchev–Trinajstić information content (AvgIpc) is 3.14. The maximum absolute atomic E-state index is 11.5. The van der Waals surface area contributed by atoms with Crippen molar-refractivity contribution in [1.82, 2.24) is 20.5 Å². The van der Waals surface area contributed by atoms with Crippen LogP contribution < -0.4 is 10.6 Å². The van der Waals surface area contributed by atoms with Crippen LogP contribution in [0, 0.1) is 0 Å². The molecule has 0 fully saturated rings. The monoisotopic (exact) mass is 365 g/mol. The SMILES string of the molecule is CC(C)OC(=O)NCc1ccc(NCc2cn[nH]c2-c2cccnc2)cc1. The molecule has 7 nitrogen and oxygen atoms in total. The van der Waals surface area contributed by atoms with Gasteiger partial charge in [0.05, 0.1) is 18.0 Å². The van der Waals surface area contributed by atoms with Gasteiger partial charge in [-0.3, -0.25) is 10.1 Å². The molecule has 0 unspecified atom stereocenters. The zero-order valence-electron chi connectivity index (χ0n) is 15.4. The van der Waals surface area contributed by atoms with Crippen molar-refractivity contribution in [2.75, 3.05) is 5.32 Å². The summed E-state index contributed by atoms with van der Waals surface area (Å²) in [6, 6.07) is 11.8. The molecule has 140 valence electrons. The predicted molar refractivity (Wildman–Crippen MR) is 104 cm³/mol. The Morgan fingerprint density at radius 3 is 2.67 bits per heavy atom. The Morgan fingerprint density at radius 2 is 1.96 bits per heavy atom. The number of rotatable bonds is 7. The van der Waals surface area contributed by atoms with E-state index in [1.54, 1.807) is 6.20 Å². The van der Waals surface area contributed by atoms with E-state index >= 15 is 0 Å². The van der Waals surface area contributed by atoms with Crippen molar-refractivity contribution in [3.05, 3.63) is 66.1 Å². The number of nitrogens with one attached hydrogen (secondary N) is 3. The Labute approximate surface area is 158 Å². The second kappa shape index (κ2) is 8.84. The lowest BCUT2D eigenvalue weighted by Crippen LogP contribution is -2.26. The molecule has 1 aromatic carbocycles. The van der Waals surface area contributed by atoms with E-state index in [0.29, 0.717) is 13.1 Å². The highest BCUT2D eigenvalue weighted by molar-refractivity contribution is 5.67. The van der Waals surface area contributed by atoms with Crippen LogP contribution in [0.2, 0.25) is 0 Å². The molecule has 0 radical (unpaired) electrons. The van der Waals surface area contributed by atoms with E-state index in [1.165, 1.54) is 0 Å². The van der Waals surface area contributed by atoms with E-state index in [0.717, 1.165) is 28.1 Å². The van der Waals surface area contributed by atoms with Crippen LogP contribution in [0.25, 0.3) is 11.3 Å². The van der Waals surface area contributed by atoms with Gasteiger partial charge in [-0.25, -0.2) is 4.79 Å². The van der Waals surface area contributed by atoms with Crippen LogP contribution in [0.5, 0.6) is 0 Å². The molecule has 0 atom stereocenters. The van der Waals surface area contributed by atoms with Gasteiger partial charge >= 0.3 is 6.09 Å². The summed E-state index contributed by atoms with van der Waals surface area (Å²) in [6.45, 7) is 4.71. The minimum absolute atomic E-state index is 0.129. The standard InChI is InChI=1S/C20H23N5O2/c1-14(2)27-20(26)23-10-15-5-7-18(8-6-15)22-12-17-13-24-25-19(17)16-4-3-9-21-11-16/h3-9,11,13-14,22H,10,12H2,1-2H3,(H,23,26)(H,24,25). The van der Waals surface area contributed by atoms with Gasteiger partial charge in [0.2, 0.25) is 0 Å². The Hall–Kier alpha value is -3.35. The number of H-pyrrole nitrogens is 1. The lowest BCUT2D eigenvalue weighted by Gasteiger charge is -2.10. The quantitative estimate of drug-likeness (QED) is 0.593. The van der Waals surface area contributed by atoms with Gasteiger partial charge in [-0.1, -0.05) is 12.1 Å². The number of aromatic amines is 1. The van der Waals surface area contributed by atoms with Gasteiger partial charge in [-0.15, -0.1) is 0 Å². The summed E-state index contributed by atoms with van der Waals surface area (Å²) in [5, 5.41) is 13.3. The van der Waals surface area contributed by atoms with Crippen molar-refractivity contribution in [3.8, 4) is 11.3 Å². The number of ether oxygens (including phenoxy) is 1. The number of aromatic nitrogens is 3. The molecule has 2 heterocycles. The molecular formula is C20H23N5O2. The van der Waals surface area contributed by atoms with Crippen LogP contribution >= 0.6 is 0 Å². The first-order valence-electron chi connectivity index (χ1n) is 8.82. The number of carbonyl (C=O) groups excluding carboxylic acids is 1. The Balaban J connectivity index is 1.54. The summed E-state index contributed by atoms with van der Waals surface area (Å²) in [5.74, 6) is 0. The number of anilines is 1. The summed E-state index contributed by atoms with van der Waals surface area (Å²) >= 11 is 0. The largest absolute Gasteiger partial charge is 0.447 e. The molecule has 3 N–H and O–H groups in total. The van der Waals surface area contributed by atoms with E-state index in [9.17, 15) is 4.79 Å². The van der Waals surface area contributed by atoms with Crippen LogP contribution in [0.15, 0.2) is 55.0 Å². The van der Waals surface area contributed by atoms with E-state index in [1.807, 2.05) is 62.6 Å². The lowest BCUT2D eigenvalue weighted by atomic mass is 10.1. The summed E-state index contributed by atoms with van der Waals surface area (Å²) < 4.78 is 5.05. The smallest absolute Gasteiger partial charge is 0.407 e. The number of amides is 1. The molecule has 1 amide bonds. The molecule has 3 aromatic rings. The Bertz CT molecular complexity index is 860. The van der Waals surface area contributed by atoms with Crippen molar-refractivity contribution < 1.29 is 9.53 Å². The number of pyridine rings is 1. The fraction of sp³-hybridized carbons (Fsp3) is 0.250. The number of hydrogen-bond acceptors (Lipinski definition) is 5. The molecule has 7 heteroatoms. The number of nitrogens with zero attached hydrogens (tertiary/aromatic N) is 2. The Kier molecular flexibility index (Phi) is 6.04. The minimum atomic E-state index is -0.407. The molecular weight excluding hydrogens is 342 g/mol. The van der Waals surface area contributed by atoms with Gasteiger partial charge in [0.15, 0.2) is 0 Å². The molecule has 0 bridgehead atoms. The number of carbonyl (C=O) groups is 1. The third-order valence-corrected chi connectivity index (χ3v) is 3.88. The number of hydrogen-bond donors (Lipinski definition) is 3. The zero-order chi connectivity index (χ0) is 19.1. The first-order chi connectivity index (χ1) is 13.1. The highest BCUT2D eigenvalue weighted by Crippen LogP contribution is 2.21. The van der Waals surface area contributed by atoms with Crippen LogP contribution in [-0.2, 0) is 17.8 Å². The average molecular weight is 365 g/mol. The third kappa shape index (κ3) is 5.31. The minimum Gasteiger partial charge on any atom is -0.447 e. The van der Waals surface area contributed by atoms with Crippen molar-refractivity contribution in [2.45, 2.75) is 33.0 Å². The van der Waals surface area contributed by atoms with Crippen LogP contribution in [0.3, 0.4) is 0 Å². The van der Waals surface area contributed by atoms with E-state index in [4.69, 9.17) is 4.74 Å². The summed E-state index contributed by atoms with van der Waals surface area (Å²) in [4.78, 5) is 15.7. The molecule has 2 aromatic heterocycles. The van der Waals surface area contributed by atoms with Gasteiger partial charge in [0.25, 0.3) is 0 Å². The van der Waals surface area contributed by atoms with Gasteiger partial charge in [-0.05, 0) is 43.7 Å². The van der Waals surface area contributed by atoms with Crippen LogP contribution in [0.4, 0.5) is 10.5 Å². The van der Waals surface area contributed by atoms with Crippen molar-refractivity contribution in [3.63, 3.8) is 0 Å². The predicted octanol–water partition coefficient (Wildman–Crippen LogP) is 3.72. The molecule has 3 rings (SSSR count). The van der Waals surface area contributed by atoms with Gasteiger partial charge in [0, 0.05) is 42.3 Å². The lowest BCUT2D eigenvalue weighted by molar-refractivity contribution is 0.115. The highest BCUT2D eigenvalue weighted by atomic mass is 16.6. The highest BCUT2D eigenvalue weighted by Gasteiger charge is 2.08. The van der Waals surface area contributed by atoms with E-state index in [-0.39, 0.29) is 6.10 Å². The van der Waals surface area contributed by atoms with E-state index in [2.05, 4.69) is 25.8 Å². The summed E-state index contributed by atoms with van der Waals surface area (Å²) in [5.41, 5.74) is 5.01. The second-order valence-electron chi connectivity index (χ2n) is 6.37. The fourth-order valence-electron chi connectivity index (χ4n) is 2.57. The van der Waals surface area contributed by atoms with E-state index < -0.39 is 6.09 Å². The number of alkyl carbamates (subject to hydrolysis) is 1. The maximum atomic E-state index is 11.5. The molecule has 0 saturated heterocycles. The molecule has 0 saturated carbocycles. The zero-order valence-corrected chi connectivity index (χ0v) is 15.4. The van der Waals surface area contributed by atoms with Crippen molar-refractivity contribution in [2.24, 2.45) is 0 Å². The first kappa shape index (κ1) is 18.4. The first-order valence-corrected chi connectivity index (χ1v) is 8.82. The summed E-state index contributed by atoms with van der Waals surface area (Å²) in [6.07, 6.45) is 4.83. The fourth-order valence-corrected chi connectivity index (χ4v) is 2.57. The topological polar surface area (TPSA) is 91.9 Å². The molecule has 27 heavy (non-hydrogen) atoms. The molecule has 0 aliphatic rings. The third-order valence-electron chi connectivity index (χ3n) is 3.88. The Morgan fingerprint density at radius 1 is 1.15 bits per heavy atom. The van der Waals surface area contributed by atoms with Gasteiger partial charge in [-0.2, -0.15) is 5.10 Å². The number of benzene rings is 1. The molecule has 0 spiro atoms. The summed E-state index contributed by atoms with van der Waals surface area (Å²) in [7, 11) is 0. The van der Waals surface area contributed by atoms with Crippen LogP contribution in [0.1, 0.15) is 25.0 Å².